The van der Waals surface area contributed by atoms with E-state index in [-0.39, 0.29) is 22.4 Å². The minimum atomic E-state index is -0.149. The van der Waals surface area contributed by atoms with Crippen molar-refractivity contribution in [3.8, 4) is 5.75 Å². The largest absolute Gasteiger partial charge is 0.508 e. The first-order chi connectivity index (χ1) is 7.91. The summed E-state index contributed by atoms with van der Waals surface area (Å²) in [7, 11) is 1.78. The zero-order valence-electron chi connectivity index (χ0n) is 10.4. The number of hydrogen-bond donors (Lipinski definition) is 1. The molecule has 0 heterocycles. The Morgan fingerprint density at radius 2 is 1.88 bits per heavy atom. The Morgan fingerprint density at radius 1 is 1.35 bits per heavy atom. The fourth-order valence-corrected chi connectivity index (χ4v) is 1.80. The van der Waals surface area contributed by atoms with E-state index >= 15 is 0 Å². The number of aromatic hydroxyl groups is 1. The number of carbonyl (C=O) groups is 1. The van der Waals surface area contributed by atoms with E-state index in [1.54, 1.807) is 24.1 Å². The van der Waals surface area contributed by atoms with Crippen molar-refractivity contribution >= 4 is 21.8 Å². The summed E-state index contributed by atoms with van der Waals surface area (Å²) in [5.74, 6) is 0.584. The molecular formula is C13H18BrNO2. The minimum Gasteiger partial charge on any atom is -0.508 e. The molecule has 0 spiro atoms. The number of carbonyl (C=O) groups excluding carboxylic acids is 1. The number of benzene rings is 1. The number of amides is 1. The number of phenolic OH excluding ortho intramolecular Hbond substituents is 1. The Morgan fingerprint density at radius 3 is 2.35 bits per heavy atom. The first-order valence-corrected chi connectivity index (χ1v) is 6.50. The third-order valence-electron chi connectivity index (χ3n) is 2.55. The fourth-order valence-electron chi connectivity index (χ4n) is 1.45. The van der Waals surface area contributed by atoms with Gasteiger partial charge in [-0.25, -0.2) is 0 Å². The van der Waals surface area contributed by atoms with Gasteiger partial charge in [0.25, 0.3) is 0 Å². The van der Waals surface area contributed by atoms with Crippen LogP contribution in [0.2, 0.25) is 0 Å². The number of halogens is 1. The number of nitrogens with zero attached hydrogens (tertiary/aromatic N) is 1. The highest BCUT2D eigenvalue weighted by atomic mass is 79.9. The van der Waals surface area contributed by atoms with Crippen LogP contribution in [0.5, 0.6) is 5.75 Å². The van der Waals surface area contributed by atoms with Gasteiger partial charge in [-0.1, -0.05) is 41.9 Å². The van der Waals surface area contributed by atoms with Crippen molar-refractivity contribution in [1.82, 2.24) is 4.90 Å². The summed E-state index contributed by atoms with van der Waals surface area (Å²) in [6, 6.07) is 6.89. The molecule has 1 N–H and O–H groups in total. The van der Waals surface area contributed by atoms with E-state index in [1.165, 1.54) is 0 Å². The van der Waals surface area contributed by atoms with E-state index in [0.717, 1.165) is 5.56 Å². The summed E-state index contributed by atoms with van der Waals surface area (Å²) in [5, 5.41) is 9.17. The third kappa shape index (κ3) is 4.04. The van der Waals surface area contributed by atoms with Gasteiger partial charge in [0.05, 0.1) is 4.83 Å². The Balaban J connectivity index is 2.63. The minimum absolute atomic E-state index is 0.0769. The molecule has 94 valence electrons. The molecule has 1 amide bonds. The number of hydrogen-bond acceptors (Lipinski definition) is 2. The molecule has 1 rings (SSSR count). The Labute approximate surface area is 111 Å². The van der Waals surface area contributed by atoms with E-state index in [4.69, 9.17) is 0 Å². The van der Waals surface area contributed by atoms with Crippen molar-refractivity contribution in [2.45, 2.75) is 25.2 Å². The molecule has 3 nitrogen and oxygen atoms in total. The van der Waals surface area contributed by atoms with E-state index in [1.807, 2.05) is 26.0 Å². The van der Waals surface area contributed by atoms with E-state index in [0.29, 0.717) is 6.54 Å². The monoisotopic (exact) mass is 299 g/mol. The van der Waals surface area contributed by atoms with Crippen LogP contribution in [0.4, 0.5) is 0 Å². The molecule has 0 aliphatic rings. The second kappa shape index (κ2) is 6.05. The molecular weight excluding hydrogens is 282 g/mol. The standard InChI is InChI=1S/C13H18BrNO2/c1-9(2)12(14)13(17)15(3)8-10-4-6-11(16)7-5-10/h4-7,9,12,16H,8H2,1-3H3. The van der Waals surface area contributed by atoms with E-state index < -0.39 is 0 Å². The zero-order valence-corrected chi connectivity index (χ0v) is 11.9. The van der Waals surface area contributed by atoms with Gasteiger partial charge < -0.3 is 10.0 Å². The molecule has 1 unspecified atom stereocenters. The second-order valence-corrected chi connectivity index (χ2v) is 5.49. The summed E-state index contributed by atoms with van der Waals surface area (Å²) >= 11 is 3.40. The van der Waals surface area contributed by atoms with Crippen molar-refractivity contribution in [3.63, 3.8) is 0 Å². The highest BCUT2D eigenvalue weighted by molar-refractivity contribution is 9.10. The molecule has 0 bridgehead atoms. The molecule has 0 aliphatic heterocycles. The maximum atomic E-state index is 12.0. The number of rotatable bonds is 4. The van der Waals surface area contributed by atoms with Crippen LogP contribution in [0.25, 0.3) is 0 Å². The van der Waals surface area contributed by atoms with Crippen LogP contribution < -0.4 is 0 Å². The number of alkyl halides is 1. The van der Waals surface area contributed by atoms with Crippen molar-refractivity contribution in [1.29, 1.82) is 0 Å². The molecule has 0 aliphatic carbocycles. The average Bonchev–Trinajstić information content (AvgIpc) is 2.30. The van der Waals surface area contributed by atoms with Crippen LogP contribution in [0.15, 0.2) is 24.3 Å². The van der Waals surface area contributed by atoms with Gasteiger partial charge in [-0.2, -0.15) is 0 Å². The third-order valence-corrected chi connectivity index (χ3v) is 4.00. The van der Waals surface area contributed by atoms with Gasteiger partial charge in [0.15, 0.2) is 0 Å². The van der Waals surface area contributed by atoms with Crippen molar-refractivity contribution in [2.75, 3.05) is 7.05 Å². The topological polar surface area (TPSA) is 40.5 Å². The smallest absolute Gasteiger partial charge is 0.236 e. The van der Waals surface area contributed by atoms with Gasteiger partial charge in [0, 0.05) is 13.6 Å². The molecule has 1 aromatic rings. The van der Waals surface area contributed by atoms with Crippen molar-refractivity contribution in [3.05, 3.63) is 29.8 Å². The Bertz CT molecular complexity index is 376. The van der Waals surface area contributed by atoms with Crippen LogP contribution in [0.1, 0.15) is 19.4 Å². The maximum Gasteiger partial charge on any atom is 0.236 e. The maximum absolute atomic E-state index is 12.0. The van der Waals surface area contributed by atoms with Crippen LogP contribution in [-0.2, 0) is 11.3 Å². The molecule has 4 heteroatoms. The summed E-state index contributed by atoms with van der Waals surface area (Å²) in [5.41, 5.74) is 1.00. The molecule has 0 saturated heterocycles. The Hall–Kier alpha value is -1.03. The molecule has 0 radical (unpaired) electrons. The lowest BCUT2D eigenvalue weighted by molar-refractivity contribution is -0.130. The molecule has 1 aromatic carbocycles. The average molecular weight is 300 g/mol. The lowest BCUT2D eigenvalue weighted by Gasteiger charge is -2.22. The second-order valence-electron chi connectivity index (χ2n) is 4.51. The molecule has 0 aromatic heterocycles. The fraction of sp³-hybridized carbons (Fsp3) is 0.462. The first-order valence-electron chi connectivity index (χ1n) is 5.58. The summed E-state index contributed by atoms with van der Waals surface area (Å²) in [4.78, 5) is 13.5. The summed E-state index contributed by atoms with van der Waals surface area (Å²) in [6.45, 7) is 4.56. The highest BCUT2D eigenvalue weighted by Gasteiger charge is 2.22. The predicted octanol–water partition coefficient (Wildman–Crippen LogP) is 2.77. The van der Waals surface area contributed by atoms with Crippen LogP contribution in [-0.4, -0.2) is 27.8 Å². The van der Waals surface area contributed by atoms with Gasteiger partial charge in [0.1, 0.15) is 5.75 Å². The van der Waals surface area contributed by atoms with Crippen LogP contribution >= 0.6 is 15.9 Å². The van der Waals surface area contributed by atoms with E-state index in [9.17, 15) is 9.90 Å². The highest BCUT2D eigenvalue weighted by Crippen LogP contribution is 2.17. The lowest BCUT2D eigenvalue weighted by Crippen LogP contribution is -2.35. The summed E-state index contributed by atoms with van der Waals surface area (Å²) in [6.07, 6.45) is 0. The molecule has 0 fully saturated rings. The molecule has 0 saturated carbocycles. The van der Waals surface area contributed by atoms with Crippen molar-refractivity contribution < 1.29 is 9.90 Å². The van der Waals surface area contributed by atoms with Gasteiger partial charge in [-0.3, -0.25) is 4.79 Å². The first kappa shape index (κ1) is 14.0. The normalized spacial score (nSPS) is 12.5. The van der Waals surface area contributed by atoms with E-state index in [2.05, 4.69) is 15.9 Å². The van der Waals surface area contributed by atoms with Gasteiger partial charge in [-0.15, -0.1) is 0 Å². The van der Waals surface area contributed by atoms with Crippen LogP contribution in [0, 0.1) is 5.92 Å². The summed E-state index contributed by atoms with van der Waals surface area (Å²) < 4.78 is 0. The quantitative estimate of drug-likeness (QED) is 0.869. The van der Waals surface area contributed by atoms with Gasteiger partial charge in [-0.05, 0) is 23.6 Å². The van der Waals surface area contributed by atoms with Crippen molar-refractivity contribution in [2.24, 2.45) is 5.92 Å². The number of phenols is 1. The van der Waals surface area contributed by atoms with Crippen LogP contribution in [0.3, 0.4) is 0 Å². The molecule has 17 heavy (non-hydrogen) atoms. The van der Waals surface area contributed by atoms with Gasteiger partial charge in [0.2, 0.25) is 5.91 Å². The Kier molecular flexibility index (Phi) is 5.00. The predicted molar refractivity (Wildman–Crippen MR) is 72.1 cm³/mol. The SMILES string of the molecule is CC(C)C(Br)C(=O)N(C)Cc1ccc(O)cc1. The lowest BCUT2D eigenvalue weighted by atomic mass is 10.1. The van der Waals surface area contributed by atoms with Gasteiger partial charge >= 0.3 is 0 Å². The zero-order chi connectivity index (χ0) is 13.0. The molecule has 1 atom stereocenters.